The summed E-state index contributed by atoms with van der Waals surface area (Å²) < 4.78 is 11.2. The summed E-state index contributed by atoms with van der Waals surface area (Å²) in [4.78, 5) is 24.6. The van der Waals surface area contributed by atoms with Crippen LogP contribution in [0.25, 0.3) is 0 Å². The van der Waals surface area contributed by atoms with Gasteiger partial charge in [-0.1, -0.05) is 38.1 Å². The summed E-state index contributed by atoms with van der Waals surface area (Å²) in [6.45, 7) is 11.3. The number of carbonyl (C=O) groups is 2. The topological polar surface area (TPSA) is 76.7 Å². The summed E-state index contributed by atoms with van der Waals surface area (Å²) in [5.74, 6) is 0.312. The molecule has 2 aromatic rings. The predicted molar refractivity (Wildman–Crippen MR) is 119 cm³/mol. The van der Waals surface area contributed by atoms with E-state index in [0.29, 0.717) is 43.4 Å². The second kappa shape index (κ2) is 11.2. The standard InChI is InChI=1S/C24H32N2O4/c1-6-29-20-12-11-18(15-21(20)30-7-2)13-14-25-23(27)24(28)26-22-17(5)9-8-10-19(22)16(3)4/h8-12,15-16H,6-7,13-14H2,1-5H3,(H,25,27)(H,26,28). The van der Waals surface area contributed by atoms with Gasteiger partial charge in [0.1, 0.15) is 0 Å². The van der Waals surface area contributed by atoms with E-state index in [4.69, 9.17) is 9.47 Å². The molecule has 0 saturated heterocycles. The second-order valence-corrected chi connectivity index (χ2v) is 7.30. The number of hydrogen-bond acceptors (Lipinski definition) is 4. The smallest absolute Gasteiger partial charge is 0.313 e. The Labute approximate surface area is 179 Å². The molecule has 2 amide bonds. The average molecular weight is 413 g/mol. The summed E-state index contributed by atoms with van der Waals surface area (Å²) >= 11 is 0. The van der Waals surface area contributed by atoms with Gasteiger partial charge >= 0.3 is 11.8 Å². The molecule has 0 spiro atoms. The fraction of sp³-hybridized carbons (Fsp3) is 0.417. The van der Waals surface area contributed by atoms with Gasteiger partial charge in [-0.25, -0.2) is 0 Å². The molecule has 0 radical (unpaired) electrons. The molecule has 0 unspecified atom stereocenters. The molecule has 0 atom stereocenters. The number of aryl methyl sites for hydroxylation is 1. The molecular weight excluding hydrogens is 380 g/mol. The maximum absolute atomic E-state index is 12.4. The van der Waals surface area contributed by atoms with E-state index in [0.717, 1.165) is 16.7 Å². The number of rotatable bonds is 9. The summed E-state index contributed by atoms with van der Waals surface area (Å²) in [7, 11) is 0. The van der Waals surface area contributed by atoms with Crippen molar-refractivity contribution < 1.29 is 19.1 Å². The maximum atomic E-state index is 12.4. The van der Waals surface area contributed by atoms with Crippen LogP contribution in [0, 0.1) is 6.92 Å². The SMILES string of the molecule is CCOc1ccc(CCNC(=O)C(=O)Nc2c(C)cccc2C(C)C)cc1OCC. The maximum Gasteiger partial charge on any atom is 0.313 e. The quantitative estimate of drug-likeness (QED) is 0.605. The highest BCUT2D eigenvalue weighted by atomic mass is 16.5. The van der Waals surface area contributed by atoms with E-state index in [1.165, 1.54) is 0 Å². The molecule has 6 heteroatoms. The lowest BCUT2D eigenvalue weighted by molar-refractivity contribution is -0.136. The van der Waals surface area contributed by atoms with E-state index in [2.05, 4.69) is 24.5 Å². The fourth-order valence-corrected chi connectivity index (χ4v) is 3.16. The highest BCUT2D eigenvalue weighted by Gasteiger charge is 2.17. The molecule has 0 aliphatic carbocycles. The molecule has 0 heterocycles. The monoisotopic (exact) mass is 412 g/mol. The predicted octanol–water partition coefficient (Wildman–Crippen LogP) is 4.21. The first-order valence-electron chi connectivity index (χ1n) is 10.4. The normalized spacial score (nSPS) is 10.6. The van der Waals surface area contributed by atoms with Crippen molar-refractivity contribution >= 4 is 17.5 Å². The van der Waals surface area contributed by atoms with Gasteiger partial charge in [0.15, 0.2) is 11.5 Å². The molecule has 2 N–H and O–H groups in total. The fourth-order valence-electron chi connectivity index (χ4n) is 3.16. The number of hydrogen-bond donors (Lipinski definition) is 2. The summed E-state index contributed by atoms with van der Waals surface area (Å²) in [6.07, 6.45) is 0.576. The first-order chi connectivity index (χ1) is 14.4. The molecule has 0 fully saturated rings. The van der Waals surface area contributed by atoms with Crippen LogP contribution in [0.4, 0.5) is 5.69 Å². The van der Waals surface area contributed by atoms with Gasteiger partial charge in [0.25, 0.3) is 0 Å². The zero-order valence-corrected chi connectivity index (χ0v) is 18.5. The molecule has 0 aliphatic heterocycles. The van der Waals surface area contributed by atoms with Gasteiger partial charge in [0.2, 0.25) is 0 Å². The Kier molecular flexibility index (Phi) is 8.71. The van der Waals surface area contributed by atoms with E-state index in [9.17, 15) is 9.59 Å². The first kappa shape index (κ1) is 23.3. The number of anilines is 1. The molecular formula is C24H32N2O4. The first-order valence-corrected chi connectivity index (χ1v) is 10.4. The minimum absolute atomic E-state index is 0.238. The van der Waals surface area contributed by atoms with Gasteiger partial charge in [-0.15, -0.1) is 0 Å². The molecule has 0 aromatic heterocycles. The third-order valence-corrected chi connectivity index (χ3v) is 4.68. The zero-order valence-electron chi connectivity index (χ0n) is 18.5. The number of benzene rings is 2. The molecule has 2 rings (SSSR count). The van der Waals surface area contributed by atoms with Crippen molar-refractivity contribution in [2.24, 2.45) is 0 Å². The van der Waals surface area contributed by atoms with Crippen LogP contribution in [0.15, 0.2) is 36.4 Å². The molecule has 0 bridgehead atoms. The van der Waals surface area contributed by atoms with E-state index >= 15 is 0 Å². The third kappa shape index (κ3) is 6.24. The van der Waals surface area contributed by atoms with Crippen molar-refractivity contribution in [3.05, 3.63) is 53.1 Å². The van der Waals surface area contributed by atoms with Gasteiger partial charge in [-0.05, 0) is 61.9 Å². The highest BCUT2D eigenvalue weighted by Crippen LogP contribution is 2.29. The Morgan fingerprint density at radius 1 is 0.967 bits per heavy atom. The average Bonchev–Trinajstić information content (AvgIpc) is 2.71. The van der Waals surface area contributed by atoms with E-state index < -0.39 is 11.8 Å². The van der Waals surface area contributed by atoms with Gasteiger partial charge in [-0.3, -0.25) is 9.59 Å². The van der Waals surface area contributed by atoms with Crippen LogP contribution >= 0.6 is 0 Å². The van der Waals surface area contributed by atoms with Crippen LogP contribution in [0.1, 0.15) is 50.3 Å². The Morgan fingerprint density at radius 3 is 2.33 bits per heavy atom. The second-order valence-electron chi connectivity index (χ2n) is 7.30. The minimum Gasteiger partial charge on any atom is -0.490 e. The lowest BCUT2D eigenvalue weighted by Crippen LogP contribution is -2.36. The third-order valence-electron chi connectivity index (χ3n) is 4.68. The molecule has 30 heavy (non-hydrogen) atoms. The zero-order chi connectivity index (χ0) is 22.1. The highest BCUT2D eigenvalue weighted by molar-refractivity contribution is 6.39. The van der Waals surface area contributed by atoms with E-state index in [-0.39, 0.29) is 5.92 Å². The van der Waals surface area contributed by atoms with Gasteiger partial charge in [0, 0.05) is 12.2 Å². The molecule has 0 aliphatic rings. The molecule has 162 valence electrons. The lowest BCUT2D eigenvalue weighted by Gasteiger charge is -2.16. The number of nitrogens with one attached hydrogen (secondary N) is 2. The van der Waals surface area contributed by atoms with Crippen molar-refractivity contribution in [1.82, 2.24) is 5.32 Å². The van der Waals surface area contributed by atoms with Crippen LogP contribution in [0.5, 0.6) is 11.5 Å². The van der Waals surface area contributed by atoms with Gasteiger partial charge in [0.05, 0.1) is 13.2 Å². The van der Waals surface area contributed by atoms with Gasteiger partial charge < -0.3 is 20.1 Å². The van der Waals surface area contributed by atoms with E-state index in [1.54, 1.807) is 0 Å². The largest absolute Gasteiger partial charge is 0.490 e. The van der Waals surface area contributed by atoms with Crippen molar-refractivity contribution in [3.8, 4) is 11.5 Å². The van der Waals surface area contributed by atoms with Crippen LogP contribution < -0.4 is 20.1 Å². The van der Waals surface area contributed by atoms with Crippen LogP contribution in [0.3, 0.4) is 0 Å². The number of carbonyl (C=O) groups excluding carboxylic acids is 2. The summed E-state index contributed by atoms with van der Waals surface area (Å²) in [5.41, 5.74) is 3.64. The van der Waals surface area contributed by atoms with E-state index in [1.807, 2.05) is 57.2 Å². The Hall–Kier alpha value is -3.02. The Balaban J connectivity index is 1.95. The van der Waals surface area contributed by atoms with Crippen molar-refractivity contribution in [2.45, 2.75) is 47.0 Å². The van der Waals surface area contributed by atoms with Crippen molar-refractivity contribution in [1.29, 1.82) is 0 Å². The van der Waals surface area contributed by atoms with Crippen LogP contribution in [-0.2, 0) is 16.0 Å². The summed E-state index contributed by atoms with van der Waals surface area (Å²) in [5, 5.41) is 5.46. The number of amides is 2. The number of ether oxygens (including phenoxy) is 2. The van der Waals surface area contributed by atoms with Crippen molar-refractivity contribution in [3.63, 3.8) is 0 Å². The Bertz CT molecular complexity index is 878. The molecule has 0 saturated carbocycles. The number of para-hydroxylation sites is 1. The molecule has 6 nitrogen and oxygen atoms in total. The lowest BCUT2D eigenvalue weighted by atomic mass is 9.98. The van der Waals surface area contributed by atoms with Crippen LogP contribution in [-0.4, -0.2) is 31.6 Å². The Morgan fingerprint density at radius 2 is 1.67 bits per heavy atom. The van der Waals surface area contributed by atoms with Crippen molar-refractivity contribution in [2.75, 3.05) is 25.1 Å². The molecule has 2 aromatic carbocycles. The van der Waals surface area contributed by atoms with Gasteiger partial charge in [-0.2, -0.15) is 0 Å². The minimum atomic E-state index is -0.659. The summed E-state index contributed by atoms with van der Waals surface area (Å²) in [6, 6.07) is 11.5. The van der Waals surface area contributed by atoms with Crippen LogP contribution in [0.2, 0.25) is 0 Å².